The summed E-state index contributed by atoms with van der Waals surface area (Å²) in [5, 5.41) is 0. The molecule has 0 aliphatic carbocycles. The van der Waals surface area contributed by atoms with Gasteiger partial charge in [0.2, 0.25) is 0 Å². The minimum absolute atomic E-state index is 0. The Morgan fingerprint density at radius 2 is 1.25 bits per heavy atom. The molecule has 0 bridgehead atoms. The summed E-state index contributed by atoms with van der Waals surface area (Å²) in [5.41, 5.74) is 0. The predicted octanol–water partition coefficient (Wildman–Crippen LogP) is 5.55. The van der Waals surface area contributed by atoms with Gasteiger partial charge in [0.1, 0.15) is 5.75 Å². The van der Waals surface area contributed by atoms with Gasteiger partial charge >= 0.3 is 47.9 Å². The van der Waals surface area contributed by atoms with Gasteiger partial charge in [-0.15, -0.1) is 0 Å². The van der Waals surface area contributed by atoms with E-state index in [0.29, 0.717) is 12.2 Å². The van der Waals surface area contributed by atoms with Crippen LogP contribution in [0.15, 0.2) is 30.3 Å². The first-order chi connectivity index (χ1) is 11.1. The molecule has 5 heteroatoms. The van der Waals surface area contributed by atoms with Crippen LogP contribution in [0, 0.1) is 0 Å². The number of benzene rings is 1. The van der Waals surface area contributed by atoms with Crippen molar-refractivity contribution in [1.82, 2.24) is 0 Å². The Bertz CT molecular complexity index is 499. The van der Waals surface area contributed by atoms with Crippen molar-refractivity contribution in [2.75, 3.05) is 5.75 Å². The van der Waals surface area contributed by atoms with Gasteiger partial charge in [0.15, 0.2) is 0 Å². The molecule has 0 fully saturated rings. The Kier molecular flexibility index (Phi) is 15.6. The third-order valence-electron chi connectivity index (χ3n) is 3.96. The summed E-state index contributed by atoms with van der Waals surface area (Å²) in [6.07, 6.45) is 13.3. The largest absolute Gasteiger partial charge is 2.00 e. The van der Waals surface area contributed by atoms with Crippen molar-refractivity contribution < 1.29 is 15.5 Å². The van der Waals surface area contributed by atoms with Crippen molar-refractivity contribution in [3.05, 3.63) is 30.3 Å². The van der Waals surface area contributed by atoms with Crippen molar-refractivity contribution in [2.24, 2.45) is 0 Å². The SMILES string of the molecule is CCCCCCCCCCCCCS(=O)(=O)Oc1ccccc1.[Ca+2].[H-].[H-]. The van der Waals surface area contributed by atoms with E-state index in [0.717, 1.165) is 12.8 Å². The van der Waals surface area contributed by atoms with Crippen LogP contribution in [0.3, 0.4) is 0 Å². The molecule has 3 nitrogen and oxygen atoms in total. The molecule has 24 heavy (non-hydrogen) atoms. The van der Waals surface area contributed by atoms with Crippen LogP contribution in [-0.2, 0) is 10.1 Å². The summed E-state index contributed by atoms with van der Waals surface area (Å²) in [4.78, 5) is 0. The minimum atomic E-state index is -3.44. The number of rotatable bonds is 14. The van der Waals surface area contributed by atoms with Crippen LogP contribution >= 0.6 is 0 Å². The zero-order valence-electron chi connectivity index (χ0n) is 17.2. The average Bonchev–Trinajstić information content (AvgIpc) is 2.53. The molecule has 1 aromatic rings. The first-order valence-corrected chi connectivity index (χ1v) is 10.7. The molecule has 0 aromatic heterocycles. The van der Waals surface area contributed by atoms with Gasteiger partial charge in [-0.3, -0.25) is 0 Å². The number of hydrogen-bond acceptors (Lipinski definition) is 3. The molecule has 136 valence electrons. The van der Waals surface area contributed by atoms with Crippen molar-refractivity contribution >= 4 is 47.9 Å². The zero-order valence-corrected chi connectivity index (χ0v) is 18.2. The van der Waals surface area contributed by atoms with Crippen LogP contribution in [0.2, 0.25) is 0 Å². The third-order valence-corrected chi connectivity index (χ3v) is 5.20. The first kappa shape index (κ1) is 24.2. The fraction of sp³-hybridized carbons (Fsp3) is 0.684. The zero-order chi connectivity index (χ0) is 16.8. The Labute approximate surface area is 181 Å². The van der Waals surface area contributed by atoms with Gasteiger partial charge in [-0.25, -0.2) is 0 Å². The van der Waals surface area contributed by atoms with Crippen LogP contribution in [-0.4, -0.2) is 51.9 Å². The van der Waals surface area contributed by atoms with Gasteiger partial charge in [-0.1, -0.05) is 89.3 Å². The molecule has 1 rings (SSSR count). The molecule has 0 heterocycles. The van der Waals surface area contributed by atoms with E-state index in [2.05, 4.69) is 6.92 Å². The maximum Gasteiger partial charge on any atom is 2.00 e. The minimum Gasteiger partial charge on any atom is -1.00 e. The summed E-state index contributed by atoms with van der Waals surface area (Å²) >= 11 is 0. The van der Waals surface area contributed by atoms with Crippen molar-refractivity contribution in [3.8, 4) is 5.75 Å². The van der Waals surface area contributed by atoms with E-state index >= 15 is 0 Å². The number of hydrogen-bond donors (Lipinski definition) is 0. The number of para-hydroxylation sites is 1. The van der Waals surface area contributed by atoms with Gasteiger partial charge in [0.25, 0.3) is 0 Å². The summed E-state index contributed by atoms with van der Waals surface area (Å²) in [6, 6.07) is 8.71. The van der Waals surface area contributed by atoms with E-state index in [-0.39, 0.29) is 46.3 Å². The monoisotopic (exact) mass is 382 g/mol. The van der Waals surface area contributed by atoms with Gasteiger partial charge in [-0.05, 0) is 18.6 Å². The molecule has 0 spiro atoms. The van der Waals surface area contributed by atoms with Gasteiger partial charge in [0, 0.05) is 0 Å². The van der Waals surface area contributed by atoms with Crippen LogP contribution in [0.5, 0.6) is 5.75 Å². The Balaban J connectivity index is -0.00000176. The molecule has 0 N–H and O–H groups in total. The maximum absolute atomic E-state index is 11.8. The molecule has 0 amide bonds. The quantitative estimate of drug-likeness (QED) is 0.241. The molecule has 0 radical (unpaired) electrons. The molecular formula is C19H34CaO3S. The summed E-state index contributed by atoms with van der Waals surface area (Å²) in [7, 11) is -3.44. The van der Waals surface area contributed by atoms with Gasteiger partial charge < -0.3 is 7.04 Å². The molecule has 0 aliphatic heterocycles. The van der Waals surface area contributed by atoms with E-state index in [9.17, 15) is 8.42 Å². The van der Waals surface area contributed by atoms with Crippen molar-refractivity contribution in [3.63, 3.8) is 0 Å². The van der Waals surface area contributed by atoms with E-state index < -0.39 is 10.1 Å². The van der Waals surface area contributed by atoms with E-state index in [1.54, 1.807) is 24.3 Å². The van der Waals surface area contributed by atoms with Gasteiger partial charge in [-0.2, -0.15) is 8.42 Å². The predicted molar refractivity (Wildman–Crippen MR) is 105 cm³/mol. The maximum atomic E-state index is 11.8. The fourth-order valence-corrected chi connectivity index (χ4v) is 3.65. The molecule has 1 aromatic carbocycles. The summed E-state index contributed by atoms with van der Waals surface area (Å²) in [5.74, 6) is 0.509. The second kappa shape index (κ2) is 15.5. The van der Waals surface area contributed by atoms with Crippen LogP contribution in [0.4, 0.5) is 0 Å². The molecular weight excluding hydrogens is 348 g/mol. The number of unbranched alkanes of at least 4 members (excludes halogenated alkanes) is 10. The summed E-state index contributed by atoms with van der Waals surface area (Å²) in [6.45, 7) is 2.24. The normalized spacial score (nSPS) is 11.0. The van der Waals surface area contributed by atoms with Crippen LogP contribution < -0.4 is 4.18 Å². The fourth-order valence-electron chi connectivity index (χ4n) is 2.61. The molecule has 0 saturated carbocycles. The Morgan fingerprint density at radius 1 is 0.792 bits per heavy atom. The topological polar surface area (TPSA) is 43.4 Å². The third kappa shape index (κ3) is 13.5. The second-order valence-electron chi connectivity index (χ2n) is 6.19. The second-order valence-corrected chi connectivity index (χ2v) is 7.88. The molecule has 0 unspecified atom stereocenters. The van der Waals surface area contributed by atoms with E-state index in [1.807, 2.05) is 6.07 Å². The average molecular weight is 383 g/mol. The molecule has 0 atom stereocenters. The molecule has 0 aliphatic rings. The van der Waals surface area contributed by atoms with Gasteiger partial charge in [0.05, 0.1) is 5.75 Å². The smallest absolute Gasteiger partial charge is 1.00 e. The Morgan fingerprint density at radius 3 is 1.75 bits per heavy atom. The molecule has 0 saturated heterocycles. The first-order valence-electron chi connectivity index (χ1n) is 9.11. The van der Waals surface area contributed by atoms with E-state index in [1.165, 1.54) is 51.4 Å². The standard InChI is InChI=1S/C19H32O3S.Ca.2H/c1-2-3-4-5-6-7-8-9-10-11-15-18-23(20,21)22-19-16-13-12-14-17-19;;;/h12-14,16-17H,2-11,15,18H2,1H3;;;/q;+2;2*-1. The van der Waals surface area contributed by atoms with Crippen molar-refractivity contribution in [2.45, 2.75) is 77.6 Å². The van der Waals surface area contributed by atoms with Crippen LogP contribution in [0.25, 0.3) is 0 Å². The van der Waals surface area contributed by atoms with Crippen molar-refractivity contribution in [1.29, 1.82) is 0 Å². The van der Waals surface area contributed by atoms with Crippen LogP contribution in [0.1, 0.15) is 80.4 Å². The Hall–Kier alpha value is 0.230. The van der Waals surface area contributed by atoms with E-state index in [4.69, 9.17) is 4.18 Å². The summed E-state index contributed by atoms with van der Waals surface area (Å²) < 4.78 is 28.7.